The summed E-state index contributed by atoms with van der Waals surface area (Å²) in [6.45, 7) is 7.17. The van der Waals surface area contributed by atoms with Crippen LogP contribution in [0, 0.1) is 10.1 Å². The third-order valence-corrected chi connectivity index (χ3v) is 4.59. The first-order valence-electron chi connectivity index (χ1n) is 8.60. The van der Waals surface area contributed by atoms with Crippen LogP contribution in [0.5, 0.6) is 0 Å². The smallest absolute Gasteiger partial charge is 0.293 e. The maximum Gasteiger partial charge on any atom is 0.293 e. The Kier molecular flexibility index (Phi) is 5.19. The lowest BCUT2D eigenvalue weighted by Crippen LogP contribution is -2.47. The molecule has 1 aliphatic rings. The van der Waals surface area contributed by atoms with E-state index in [1.165, 1.54) is 12.4 Å². The number of likely N-dealkylation sites (N-methyl/N-ethyl adjacent to an activating group) is 1. The molecular weight excluding hydrogens is 338 g/mol. The van der Waals surface area contributed by atoms with Gasteiger partial charge in [0.05, 0.1) is 34.4 Å². The minimum Gasteiger partial charge on any atom is -0.373 e. The molecule has 9 heteroatoms. The first-order valence-corrected chi connectivity index (χ1v) is 8.60. The molecule has 0 aliphatic carbocycles. The third kappa shape index (κ3) is 3.83. The van der Waals surface area contributed by atoms with Crippen molar-refractivity contribution < 1.29 is 9.66 Å². The van der Waals surface area contributed by atoms with Crippen LogP contribution in [0.1, 0.15) is 13.8 Å². The average molecular weight is 361 g/mol. The van der Waals surface area contributed by atoms with Gasteiger partial charge < -0.3 is 14.6 Å². The predicted molar refractivity (Wildman–Crippen MR) is 98.7 cm³/mol. The molecule has 0 spiro atoms. The van der Waals surface area contributed by atoms with Gasteiger partial charge in [-0.3, -0.25) is 19.8 Å². The number of nitro benzene ring substituents is 1. The number of hydrogen-bond acceptors (Lipinski definition) is 7. The van der Waals surface area contributed by atoms with Crippen molar-refractivity contribution in [3.63, 3.8) is 0 Å². The van der Waals surface area contributed by atoms with Crippen molar-refractivity contribution in [2.45, 2.75) is 26.1 Å². The monoisotopic (exact) mass is 361 g/mol. The van der Waals surface area contributed by atoms with Crippen LogP contribution in [-0.4, -0.2) is 65.2 Å². The van der Waals surface area contributed by atoms with E-state index >= 15 is 0 Å². The molecular formula is C17H23N5O4. The van der Waals surface area contributed by atoms with Gasteiger partial charge in [0, 0.05) is 39.3 Å². The molecule has 26 heavy (non-hydrogen) atoms. The van der Waals surface area contributed by atoms with Gasteiger partial charge in [0.2, 0.25) is 0 Å². The fraction of sp³-hybridized carbons (Fsp3) is 0.529. The fourth-order valence-corrected chi connectivity index (χ4v) is 3.42. The summed E-state index contributed by atoms with van der Waals surface area (Å²) >= 11 is 0. The Morgan fingerprint density at radius 1 is 1.38 bits per heavy atom. The Labute approximate surface area is 150 Å². The number of aromatic amines is 1. The van der Waals surface area contributed by atoms with Gasteiger partial charge in [0.25, 0.3) is 11.2 Å². The summed E-state index contributed by atoms with van der Waals surface area (Å²) in [5.74, 6) is 0. The summed E-state index contributed by atoms with van der Waals surface area (Å²) in [6, 6.07) is 2.90. The van der Waals surface area contributed by atoms with Gasteiger partial charge >= 0.3 is 0 Å². The highest BCUT2D eigenvalue weighted by molar-refractivity contribution is 5.86. The zero-order valence-electron chi connectivity index (χ0n) is 15.1. The van der Waals surface area contributed by atoms with Crippen LogP contribution < -0.4 is 10.5 Å². The predicted octanol–water partition coefficient (Wildman–Crippen LogP) is 1.38. The van der Waals surface area contributed by atoms with Crippen molar-refractivity contribution in [3.8, 4) is 0 Å². The minimum atomic E-state index is -0.462. The Hall–Kier alpha value is -2.52. The second kappa shape index (κ2) is 7.38. The summed E-state index contributed by atoms with van der Waals surface area (Å²) in [5.41, 5.74) is 0.413. The van der Waals surface area contributed by atoms with Gasteiger partial charge in [-0.15, -0.1) is 0 Å². The van der Waals surface area contributed by atoms with Crippen molar-refractivity contribution >= 4 is 22.3 Å². The molecule has 0 saturated carbocycles. The first-order chi connectivity index (χ1) is 12.3. The molecule has 3 rings (SSSR count). The van der Waals surface area contributed by atoms with Crippen LogP contribution in [0.25, 0.3) is 10.9 Å². The highest BCUT2D eigenvalue weighted by atomic mass is 16.6. The number of aromatic nitrogens is 2. The number of rotatable bonds is 5. The Balaban J connectivity index is 1.83. The SMILES string of the molecule is C[C@@H]1CN(CCN(C)c2cc3nc[nH]c(=O)c3cc2[N+](=O)[O-])C[C@H](C)O1. The number of fused-ring (bicyclic) bond motifs is 1. The second-order valence-electron chi connectivity index (χ2n) is 6.79. The molecule has 140 valence electrons. The van der Waals surface area contributed by atoms with Crippen molar-refractivity contribution in [2.24, 2.45) is 0 Å². The highest BCUT2D eigenvalue weighted by Crippen LogP contribution is 2.30. The van der Waals surface area contributed by atoms with E-state index < -0.39 is 4.92 Å². The van der Waals surface area contributed by atoms with Crippen LogP contribution in [0.2, 0.25) is 0 Å². The van der Waals surface area contributed by atoms with Gasteiger partial charge in [-0.05, 0) is 19.9 Å². The Bertz CT molecular complexity index is 858. The first kappa shape index (κ1) is 18.3. The molecule has 0 radical (unpaired) electrons. The number of nitrogens with zero attached hydrogens (tertiary/aromatic N) is 4. The maximum atomic E-state index is 11.9. The molecule has 1 aromatic carbocycles. The number of H-pyrrole nitrogens is 1. The normalized spacial score (nSPS) is 21.0. The highest BCUT2D eigenvalue weighted by Gasteiger charge is 2.24. The molecule has 2 atom stereocenters. The average Bonchev–Trinajstić information content (AvgIpc) is 2.58. The standard InChI is InChI=1S/C17H23N5O4/c1-11-8-21(9-12(2)26-11)5-4-20(3)15-7-14-13(6-16(15)22(24)25)17(23)19-10-18-14/h6-7,10-12H,4-5,8-9H2,1-3H3,(H,18,19,23)/t11-,12+. The molecule has 2 aromatic rings. The number of nitro groups is 1. The summed E-state index contributed by atoms with van der Waals surface area (Å²) in [5, 5.41) is 11.7. The molecule has 1 aromatic heterocycles. The van der Waals surface area contributed by atoms with Crippen LogP contribution >= 0.6 is 0 Å². The molecule has 1 saturated heterocycles. The van der Waals surface area contributed by atoms with Gasteiger partial charge in [-0.2, -0.15) is 0 Å². The molecule has 2 heterocycles. The van der Waals surface area contributed by atoms with Crippen molar-refractivity contribution in [2.75, 3.05) is 38.1 Å². The van der Waals surface area contributed by atoms with E-state index in [2.05, 4.69) is 14.9 Å². The van der Waals surface area contributed by atoms with Crippen molar-refractivity contribution in [1.29, 1.82) is 0 Å². The lowest BCUT2D eigenvalue weighted by molar-refractivity contribution is -0.384. The molecule has 0 bridgehead atoms. The molecule has 1 fully saturated rings. The molecule has 1 N–H and O–H groups in total. The summed E-state index contributed by atoms with van der Waals surface area (Å²) < 4.78 is 5.73. The fourth-order valence-electron chi connectivity index (χ4n) is 3.42. The van der Waals surface area contributed by atoms with E-state index in [0.29, 0.717) is 17.7 Å². The summed E-state index contributed by atoms with van der Waals surface area (Å²) in [4.78, 5) is 33.6. The number of ether oxygens (including phenoxy) is 1. The minimum absolute atomic E-state index is 0.0952. The molecule has 0 unspecified atom stereocenters. The topological polar surface area (TPSA) is 105 Å². The Morgan fingerprint density at radius 3 is 2.73 bits per heavy atom. The number of hydrogen-bond donors (Lipinski definition) is 1. The second-order valence-corrected chi connectivity index (χ2v) is 6.79. The van der Waals surface area contributed by atoms with Crippen LogP contribution in [0.3, 0.4) is 0 Å². The van der Waals surface area contributed by atoms with E-state index in [1.807, 2.05) is 25.8 Å². The van der Waals surface area contributed by atoms with E-state index in [4.69, 9.17) is 4.74 Å². The van der Waals surface area contributed by atoms with Gasteiger partial charge in [-0.25, -0.2) is 4.98 Å². The van der Waals surface area contributed by atoms with E-state index in [9.17, 15) is 14.9 Å². The van der Waals surface area contributed by atoms with Gasteiger partial charge in [-0.1, -0.05) is 0 Å². The third-order valence-electron chi connectivity index (χ3n) is 4.59. The largest absolute Gasteiger partial charge is 0.373 e. The number of nitrogens with one attached hydrogen (secondary N) is 1. The number of anilines is 1. The van der Waals surface area contributed by atoms with Gasteiger partial charge in [0.1, 0.15) is 5.69 Å². The summed E-state index contributed by atoms with van der Waals surface area (Å²) in [6.07, 6.45) is 1.65. The van der Waals surface area contributed by atoms with Crippen LogP contribution in [0.4, 0.5) is 11.4 Å². The lowest BCUT2D eigenvalue weighted by Gasteiger charge is -2.36. The number of benzene rings is 1. The summed E-state index contributed by atoms with van der Waals surface area (Å²) in [7, 11) is 1.81. The Morgan fingerprint density at radius 2 is 2.08 bits per heavy atom. The van der Waals surface area contributed by atoms with Crippen molar-refractivity contribution in [3.05, 3.63) is 38.9 Å². The molecule has 9 nitrogen and oxygen atoms in total. The quantitative estimate of drug-likeness (QED) is 0.633. The van der Waals surface area contributed by atoms with Crippen molar-refractivity contribution in [1.82, 2.24) is 14.9 Å². The van der Waals surface area contributed by atoms with Gasteiger partial charge in [0.15, 0.2) is 0 Å². The number of morpholine rings is 1. The van der Waals surface area contributed by atoms with E-state index in [-0.39, 0.29) is 28.8 Å². The van der Waals surface area contributed by atoms with E-state index in [1.54, 1.807) is 6.07 Å². The zero-order chi connectivity index (χ0) is 18.8. The zero-order valence-corrected chi connectivity index (χ0v) is 15.1. The van der Waals surface area contributed by atoms with Crippen LogP contribution in [-0.2, 0) is 4.74 Å². The van der Waals surface area contributed by atoms with Crippen LogP contribution in [0.15, 0.2) is 23.3 Å². The maximum absolute atomic E-state index is 11.9. The van der Waals surface area contributed by atoms with E-state index in [0.717, 1.165) is 19.6 Å². The molecule has 1 aliphatic heterocycles. The molecule has 0 amide bonds. The lowest BCUT2D eigenvalue weighted by atomic mass is 10.1.